The molecular weight excluding hydrogens is 381 g/mol. The number of aromatic nitrogens is 3. The van der Waals surface area contributed by atoms with Crippen LogP contribution in [0, 0.1) is 5.82 Å². The molecule has 9 heteroatoms. The molecule has 2 N–H and O–H groups in total. The fourth-order valence-electron chi connectivity index (χ4n) is 3.89. The van der Waals surface area contributed by atoms with Gasteiger partial charge >= 0.3 is 0 Å². The Labute approximate surface area is 164 Å². The molecule has 0 aliphatic carbocycles. The standard InChI is InChI=1S/C19H18FN5O2S/c20-13-4-1-2-5-14(13)23-7-9-24(10-8-23)16(15-6-3-11-27-15)17-18(26)25-19(28-17)21-12-22-25/h1-6,11-12,16,26H,7-10H2/p+1/t16-/m1/s1. The zero-order valence-corrected chi connectivity index (χ0v) is 15.8. The second-order valence-electron chi connectivity index (χ2n) is 6.79. The van der Waals surface area contributed by atoms with E-state index in [1.165, 1.54) is 33.1 Å². The predicted molar refractivity (Wildman–Crippen MR) is 102 cm³/mol. The van der Waals surface area contributed by atoms with Crippen molar-refractivity contribution in [3.05, 3.63) is 65.4 Å². The summed E-state index contributed by atoms with van der Waals surface area (Å²) < 4.78 is 21.3. The molecule has 1 saturated heterocycles. The molecule has 4 heterocycles. The summed E-state index contributed by atoms with van der Waals surface area (Å²) in [7, 11) is 0. The number of furan rings is 1. The fourth-order valence-corrected chi connectivity index (χ4v) is 4.98. The zero-order chi connectivity index (χ0) is 19.1. The Morgan fingerprint density at radius 2 is 2.00 bits per heavy atom. The molecule has 5 rings (SSSR count). The first-order valence-corrected chi connectivity index (χ1v) is 9.93. The number of quaternary nitrogens is 1. The van der Waals surface area contributed by atoms with E-state index in [1.807, 2.05) is 24.3 Å². The first-order valence-electron chi connectivity index (χ1n) is 9.11. The number of piperazine rings is 1. The summed E-state index contributed by atoms with van der Waals surface area (Å²) in [6.07, 6.45) is 3.07. The average molecular weight is 400 g/mol. The molecule has 28 heavy (non-hydrogen) atoms. The lowest BCUT2D eigenvalue weighted by Gasteiger charge is -2.36. The van der Waals surface area contributed by atoms with Gasteiger partial charge < -0.3 is 19.3 Å². The van der Waals surface area contributed by atoms with Crippen LogP contribution in [0.1, 0.15) is 16.7 Å². The van der Waals surface area contributed by atoms with Crippen molar-refractivity contribution in [2.45, 2.75) is 6.04 Å². The minimum absolute atomic E-state index is 0.0999. The molecule has 1 aliphatic rings. The van der Waals surface area contributed by atoms with Crippen LogP contribution in [0.25, 0.3) is 4.96 Å². The Balaban J connectivity index is 1.44. The predicted octanol–water partition coefficient (Wildman–Crippen LogP) is 1.72. The molecule has 0 bridgehead atoms. The van der Waals surface area contributed by atoms with Gasteiger partial charge in [-0.25, -0.2) is 9.37 Å². The van der Waals surface area contributed by atoms with Crippen LogP contribution in [0.2, 0.25) is 0 Å². The number of fused-ring (bicyclic) bond motifs is 1. The van der Waals surface area contributed by atoms with Gasteiger partial charge in [0, 0.05) is 0 Å². The first-order chi connectivity index (χ1) is 13.7. The second kappa shape index (κ2) is 6.92. The van der Waals surface area contributed by atoms with Crippen molar-refractivity contribution >= 4 is 22.0 Å². The third-order valence-electron chi connectivity index (χ3n) is 5.24. The van der Waals surface area contributed by atoms with E-state index < -0.39 is 0 Å². The van der Waals surface area contributed by atoms with Crippen molar-refractivity contribution in [2.24, 2.45) is 0 Å². The van der Waals surface area contributed by atoms with E-state index in [0.717, 1.165) is 36.8 Å². The second-order valence-corrected chi connectivity index (χ2v) is 7.80. The molecule has 1 aromatic carbocycles. The Bertz CT molecular complexity index is 1090. The lowest BCUT2D eigenvalue weighted by atomic mass is 10.1. The molecule has 1 atom stereocenters. The Kier molecular flexibility index (Phi) is 4.25. The monoisotopic (exact) mass is 400 g/mol. The maximum atomic E-state index is 14.1. The van der Waals surface area contributed by atoms with Crippen LogP contribution in [0.4, 0.5) is 10.1 Å². The SMILES string of the molecule is Oc1c([C@@H](c2ccco2)[NH+]2CCN(c3ccccc3F)CC2)sc2ncnn12. The van der Waals surface area contributed by atoms with Gasteiger partial charge in [-0.3, -0.25) is 0 Å². The smallest absolute Gasteiger partial charge is 0.235 e. The topological polar surface area (TPSA) is 71.2 Å². The summed E-state index contributed by atoms with van der Waals surface area (Å²) in [5, 5.41) is 14.8. The number of rotatable bonds is 4. The van der Waals surface area contributed by atoms with E-state index in [0.29, 0.717) is 10.6 Å². The molecule has 1 aliphatic heterocycles. The minimum Gasteiger partial charge on any atom is -0.492 e. The molecule has 0 radical (unpaired) electrons. The summed E-state index contributed by atoms with van der Waals surface area (Å²) in [5.74, 6) is 0.689. The minimum atomic E-state index is -0.197. The van der Waals surface area contributed by atoms with E-state index in [1.54, 1.807) is 12.3 Å². The molecule has 0 unspecified atom stereocenters. The lowest BCUT2D eigenvalue weighted by molar-refractivity contribution is -0.926. The van der Waals surface area contributed by atoms with Crippen molar-refractivity contribution in [3.63, 3.8) is 0 Å². The van der Waals surface area contributed by atoms with Gasteiger partial charge in [-0.15, -0.1) is 0 Å². The van der Waals surface area contributed by atoms with E-state index in [4.69, 9.17) is 4.42 Å². The summed E-state index contributed by atoms with van der Waals surface area (Å²) in [4.78, 5) is 8.94. The number of hydrogen-bond acceptors (Lipinski definition) is 6. The fraction of sp³-hybridized carbons (Fsp3) is 0.263. The molecule has 0 amide bonds. The summed E-state index contributed by atoms with van der Waals surface area (Å²) in [5.41, 5.74) is 0.637. The van der Waals surface area contributed by atoms with Crippen molar-refractivity contribution in [2.75, 3.05) is 31.1 Å². The molecule has 0 saturated carbocycles. The van der Waals surface area contributed by atoms with Gasteiger partial charge in [-0.05, 0) is 24.3 Å². The van der Waals surface area contributed by atoms with E-state index >= 15 is 0 Å². The number of nitrogens with zero attached hydrogens (tertiary/aromatic N) is 4. The summed E-state index contributed by atoms with van der Waals surface area (Å²) in [6, 6.07) is 10.5. The van der Waals surface area contributed by atoms with Crippen molar-refractivity contribution in [1.29, 1.82) is 0 Å². The molecule has 7 nitrogen and oxygen atoms in total. The number of thiazole rings is 1. The van der Waals surface area contributed by atoms with E-state index in [9.17, 15) is 9.50 Å². The van der Waals surface area contributed by atoms with Crippen LogP contribution in [0.5, 0.6) is 5.88 Å². The van der Waals surface area contributed by atoms with Crippen LogP contribution in [0.3, 0.4) is 0 Å². The quantitative estimate of drug-likeness (QED) is 0.546. The molecular formula is C19H19FN5O2S+. The molecule has 1 fully saturated rings. The van der Waals surface area contributed by atoms with Gasteiger partial charge in [0.05, 0.1) is 38.1 Å². The largest absolute Gasteiger partial charge is 0.492 e. The number of nitrogens with one attached hydrogen (secondary N) is 1. The van der Waals surface area contributed by atoms with Crippen molar-refractivity contribution < 1.29 is 18.8 Å². The normalized spacial score (nSPS) is 16.7. The van der Waals surface area contributed by atoms with Crippen LogP contribution in [0.15, 0.2) is 53.4 Å². The average Bonchev–Trinajstić information content (AvgIpc) is 3.45. The summed E-state index contributed by atoms with van der Waals surface area (Å²) in [6.45, 7) is 3.00. The Morgan fingerprint density at radius 1 is 1.18 bits per heavy atom. The first kappa shape index (κ1) is 17.2. The highest BCUT2D eigenvalue weighted by Crippen LogP contribution is 2.34. The van der Waals surface area contributed by atoms with Gasteiger partial charge in [0.15, 0.2) is 11.8 Å². The lowest BCUT2D eigenvalue weighted by Crippen LogP contribution is -3.15. The highest BCUT2D eigenvalue weighted by molar-refractivity contribution is 7.17. The number of aromatic hydroxyl groups is 1. The maximum Gasteiger partial charge on any atom is 0.235 e. The summed E-state index contributed by atoms with van der Waals surface area (Å²) >= 11 is 1.42. The highest BCUT2D eigenvalue weighted by Gasteiger charge is 2.36. The van der Waals surface area contributed by atoms with Gasteiger partial charge in [0.25, 0.3) is 0 Å². The Morgan fingerprint density at radius 3 is 2.71 bits per heavy atom. The van der Waals surface area contributed by atoms with E-state index in [-0.39, 0.29) is 17.7 Å². The third-order valence-corrected chi connectivity index (χ3v) is 6.33. The number of benzene rings is 1. The maximum absolute atomic E-state index is 14.1. The number of hydrogen-bond donors (Lipinski definition) is 2. The molecule has 3 aromatic heterocycles. The molecule has 0 spiro atoms. The van der Waals surface area contributed by atoms with Crippen molar-refractivity contribution in [3.8, 4) is 5.88 Å². The van der Waals surface area contributed by atoms with Crippen molar-refractivity contribution in [1.82, 2.24) is 14.6 Å². The van der Waals surface area contributed by atoms with Crippen LogP contribution in [-0.2, 0) is 0 Å². The van der Waals surface area contributed by atoms with Gasteiger partial charge in [-0.1, -0.05) is 23.5 Å². The van der Waals surface area contributed by atoms with Gasteiger partial charge in [-0.2, -0.15) is 9.61 Å². The van der Waals surface area contributed by atoms with E-state index in [2.05, 4.69) is 15.0 Å². The van der Waals surface area contributed by atoms with Crippen LogP contribution >= 0.6 is 11.3 Å². The number of anilines is 1. The number of para-hydroxylation sites is 1. The zero-order valence-electron chi connectivity index (χ0n) is 15.0. The van der Waals surface area contributed by atoms with Crippen LogP contribution in [-0.4, -0.2) is 45.9 Å². The number of halogens is 1. The molecule has 144 valence electrons. The van der Waals surface area contributed by atoms with Gasteiger partial charge in [0.2, 0.25) is 10.8 Å². The van der Waals surface area contributed by atoms with Crippen LogP contribution < -0.4 is 9.80 Å². The molecule has 4 aromatic rings. The third kappa shape index (κ3) is 2.83. The Hall–Kier alpha value is -2.91. The van der Waals surface area contributed by atoms with Gasteiger partial charge in [0.1, 0.15) is 17.0 Å². The highest BCUT2D eigenvalue weighted by atomic mass is 32.1.